The van der Waals surface area contributed by atoms with E-state index >= 15 is 0 Å². The molecule has 0 bridgehead atoms. The maximum absolute atomic E-state index is 11.1. The van der Waals surface area contributed by atoms with Crippen LogP contribution in [0.1, 0.15) is 28.3 Å². The number of nitriles is 1. The molecule has 2 aromatic rings. The molecule has 1 unspecified atom stereocenters. The van der Waals surface area contributed by atoms with E-state index in [4.69, 9.17) is 5.26 Å². The van der Waals surface area contributed by atoms with Crippen molar-refractivity contribution in [2.75, 3.05) is 5.32 Å². The first-order valence-electron chi connectivity index (χ1n) is 6.02. The van der Waals surface area contributed by atoms with Gasteiger partial charge in [-0.3, -0.25) is 10.1 Å². The Bertz CT molecular complexity index is 688. The summed E-state index contributed by atoms with van der Waals surface area (Å²) < 4.78 is 0. The van der Waals surface area contributed by atoms with Crippen molar-refractivity contribution < 1.29 is 4.92 Å². The van der Waals surface area contributed by atoms with Gasteiger partial charge in [0.05, 0.1) is 22.6 Å². The Balaban J connectivity index is 2.29. The number of nitro benzene ring substituents is 1. The van der Waals surface area contributed by atoms with Gasteiger partial charge >= 0.3 is 0 Å². The zero-order chi connectivity index (χ0) is 14.7. The third-order valence-electron chi connectivity index (χ3n) is 2.88. The molecule has 20 heavy (non-hydrogen) atoms. The molecule has 0 saturated heterocycles. The molecule has 5 nitrogen and oxygen atoms in total. The molecule has 0 aliphatic heterocycles. The van der Waals surface area contributed by atoms with E-state index in [9.17, 15) is 10.1 Å². The van der Waals surface area contributed by atoms with Crippen LogP contribution in [0.15, 0.2) is 30.3 Å². The minimum absolute atomic E-state index is 0.0275. The quantitative estimate of drug-likeness (QED) is 0.680. The lowest BCUT2D eigenvalue weighted by molar-refractivity contribution is -0.384. The van der Waals surface area contributed by atoms with Crippen LogP contribution < -0.4 is 5.32 Å². The van der Waals surface area contributed by atoms with E-state index in [1.807, 2.05) is 32.0 Å². The molecule has 0 aliphatic rings. The Hall–Kier alpha value is -2.39. The summed E-state index contributed by atoms with van der Waals surface area (Å²) >= 11 is 1.65. The normalized spacial score (nSPS) is 11.7. The maximum atomic E-state index is 11.1. The molecular weight excluding hydrogens is 274 g/mol. The average Bonchev–Trinajstić information content (AvgIpc) is 2.85. The molecule has 1 aromatic carbocycles. The molecule has 1 aromatic heterocycles. The fourth-order valence-electron chi connectivity index (χ4n) is 1.86. The SMILES string of the molecule is Cc1ccc(C(C)Nc2ccc(C#N)cc2[N+](=O)[O-])s1. The summed E-state index contributed by atoms with van der Waals surface area (Å²) in [5, 5.41) is 23.0. The molecule has 0 amide bonds. The van der Waals surface area contributed by atoms with Crippen molar-refractivity contribution in [1.82, 2.24) is 0 Å². The third kappa shape index (κ3) is 2.95. The lowest BCUT2D eigenvalue weighted by Crippen LogP contribution is -2.07. The minimum atomic E-state index is -0.477. The molecule has 1 heterocycles. The number of hydrogen-bond acceptors (Lipinski definition) is 5. The van der Waals surface area contributed by atoms with Gasteiger partial charge in [-0.2, -0.15) is 5.26 Å². The molecule has 0 aliphatic carbocycles. The van der Waals surface area contributed by atoms with Crippen LogP contribution in [-0.2, 0) is 0 Å². The second-order valence-electron chi connectivity index (χ2n) is 4.42. The third-order valence-corrected chi connectivity index (χ3v) is 4.07. The highest BCUT2D eigenvalue weighted by atomic mass is 32.1. The monoisotopic (exact) mass is 287 g/mol. The number of benzene rings is 1. The molecule has 1 N–H and O–H groups in total. The van der Waals surface area contributed by atoms with Crippen LogP contribution in [0.5, 0.6) is 0 Å². The molecule has 0 spiro atoms. The summed E-state index contributed by atoms with van der Waals surface area (Å²) in [6.45, 7) is 3.97. The highest BCUT2D eigenvalue weighted by molar-refractivity contribution is 7.12. The van der Waals surface area contributed by atoms with E-state index in [1.54, 1.807) is 23.5 Å². The van der Waals surface area contributed by atoms with Crippen LogP contribution in [-0.4, -0.2) is 4.92 Å². The van der Waals surface area contributed by atoms with Crippen LogP contribution >= 0.6 is 11.3 Å². The van der Waals surface area contributed by atoms with E-state index in [2.05, 4.69) is 5.32 Å². The zero-order valence-electron chi connectivity index (χ0n) is 11.1. The van der Waals surface area contributed by atoms with Crippen molar-refractivity contribution in [3.63, 3.8) is 0 Å². The van der Waals surface area contributed by atoms with Crippen molar-refractivity contribution in [3.8, 4) is 6.07 Å². The van der Waals surface area contributed by atoms with Crippen molar-refractivity contribution >= 4 is 22.7 Å². The number of nitrogens with zero attached hydrogens (tertiary/aromatic N) is 2. The average molecular weight is 287 g/mol. The summed E-state index contributed by atoms with van der Waals surface area (Å²) in [4.78, 5) is 12.9. The van der Waals surface area contributed by atoms with Gasteiger partial charge in [-0.25, -0.2) is 0 Å². The predicted octanol–water partition coefficient (Wildman–Crippen LogP) is 4.01. The van der Waals surface area contributed by atoms with Crippen LogP contribution in [0.2, 0.25) is 0 Å². The number of aryl methyl sites for hydroxylation is 1. The second kappa shape index (κ2) is 5.72. The molecule has 0 fully saturated rings. The van der Waals surface area contributed by atoms with Gasteiger partial charge in [-0.05, 0) is 38.1 Å². The second-order valence-corrected chi connectivity index (χ2v) is 5.73. The number of thiophene rings is 1. The predicted molar refractivity (Wildman–Crippen MR) is 78.9 cm³/mol. The Morgan fingerprint density at radius 2 is 2.15 bits per heavy atom. The van der Waals surface area contributed by atoms with Crippen LogP contribution in [0.3, 0.4) is 0 Å². The number of anilines is 1. The van der Waals surface area contributed by atoms with Crippen LogP contribution in [0.4, 0.5) is 11.4 Å². The summed E-state index contributed by atoms with van der Waals surface area (Å²) in [5.41, 5.74) is 0.624. The topological polar surface area (TPSA) is 79.0 Å². The van der Waals surface area contributed by atoms with E-state index in [0.717, 1.165) is 4.88 Å². The number of rotatable bonds is 4. The Labute approximate surface area is 120 Å². The Morgan fingerprint density at radius 1 is 1.40 bits per heavy atom. The summed E-state index contributed by atoms with van der Waals surface area (Å²) in [7, 11) is 0. The standard InChI is InChI=1S/C14H13N3O2S/c1-9-3-6-14(20-9)10(2)16-12-5-4-11(8-15)7-13(12)17(18)19/h3-7,10,16H,1-2H3. The largest absolute Gasteiger partial charge is 0.372 e. The van der Waals surface area contributed by atoms with Gasteiger partial charge in [0, 0.05) is 15.8 Å². The first-order valence-corrected chi connectivity index (χ1v) is 6.84. The van der Waals surface area contributed by atoms with E-state index in [-0.39, 0.29) is 17.3 Å². The molecule has 2 rings (SSSR count). The molecule has 1 atom stereocenters. The highest BCUT2D eigenvalue weighted by Crippen LogP contribution is 2.31. The lowest BCUT2D eigenvalue weighted by atomic mass is 10.1. The fraction of sp³-hybridized carbons (Fsp3) is 0.214. The molecule has 6 heteroatoms. The van der Waals surface area contributed by atoms with Crippen LogP contribution in [0, 0.1) is 28.4 Å². The van der Waals surface area contributed by atoms with Crippen molar-refractivity contribution in [2.24, 2.45) is 0 Å². The molecule has 102 valence electrons. The first-order chi connectivity index (χ1) is 9.51. The molecular formula is C14H13N3O2S. The van der Waals surface area contributed by atoms with E-state index < -0.39 is 4.92 Å². The molecule has 0 saturated carbocycles. The fourth-order valence-corrected chi connectivity index (χ4v) is 2.74. The zero-order valence-corrected chi connectivity index (χ0v) is 11.9. The van der Waals surface area contributed by atoms with Gasteiger partial charge in [0.15, 0.2) is 0 Å². The first kappa shape index (κ1) is 14.0. The van der Waals surface area contributed by atoms with Gasteiger partial charge in [0.25, 0.3) is 5.69 Å². The molecule has 0 radical (unpaired) electrons. The Kier molecular flexibility index (Phi) is 4.01. The summed E-state index contributed by atoms with van der Waals surface area (Å²) in [6.07, 6.45) is 0. The number of nitro groups is 1. The number of hydrogen-bond donors (Lipinski definition) is 1. The maximum Gasteiger partial charge on any atom is 0.293 e. The van der Waals surface area contributed by atoms with Crippen molar-refractivity contribution in [2.45, 2.75) is 19.9 Å². The summed E-state index contributed by atoms with van der Waals surface area (Å²) in [6, 6.07) is 10.3. The number of nitrogens with one attached hydrogen (secondary N) is 1. The minimum Gasteiger partial charge on any atom is -0.372 e. The van der Waals surface area contributed by atoms with Gasteiger partial charge in [-0.15, -0.1) is 11.3 Å². The van der Waals surface area contributed by atoms with E-state index in [0.29, 0.717) is 5.69 Å². The smallest absolute Gasteiger partial charge is 0.293 e. The van der Waals surface area contributed by atoms with Gasteiger partial charge in [-0.1, -0.05) is 0 Å². The summed E-state index contributed by atoms with van der Waals surface area (Å²) in [5.74, 6) is 0. The van der Waals surface area contributed by atoms with Gasteiger partial charge in [0.2, 0.25) is 0 Å². The van der Waals surface area contributed by atoms with Crippen molar-refractivity contribution in [1.29, 1.82) is 5.26 Å². The van der Waals surface area contributed by atoms with Crippen LogP contribution in [0.25, 0.3) is 0 Å². The van der Waals surface area contributed by atoms with Gasteiger partial charge in [0.1, 0.15) is 5.69 Å². The highest BCUT2D eigenvalue weighted by Gasteiger charge is 2.17. The van der Waals surface area contributed by atoms with Gasteiger partial charge < -0.3 is 5.32 Å². The Morgan fingerprint density at radius 3 is 2.70 bits per heavy atom. The van der Waals surface area contributed by atoms with Crippen molar-refractivity contribution in [3.05, 3.63) is 55.8 Å². The lowest BCUT2D eigenvalue weighted by Gasteiger charge is -2.13. The van der Waals surface area contributed by atoms with E-state index in [1.165, 1.54) is 10.9 Å².